The monoisotopic (exact) mass is 366 g/mol. The number of rotatable bonds is 4. The lowest BCUT2D eigenvalue weighted by molar-refractivity contribution is -0.136. The predicted octanol–water partition coefficient (Wildman–Crippen LogP) is 3.11. The Kier molecular flexibility index (Phi) is 5.91. The number of carbonyl (C=O) groups is 2. The summed E-state index contributed by atoms with van der Waals surface area (Å²) in [7, 11) is 0. The molecule has 0 bridgehead atoms. The standard InChI is InChI=1S/C22H26N2O3/c1-16-12-17(2)14-19(13-16)24-21(26)20(25)23-15-22(8-10-27-11-9-22)18-6-4-3-5-7-18/h3-7,12-14H,8-11,15H2,1-2H3,(H,23,25)(H,24,26). The maximum atomic E-state index is 12.4. The number of hydrogen-bond acceptors (Lipinski definition) is 3. The quantitative estimate of drug-likeness (QED) is 0.817. The average molecular weight is 366 g/mol. The van der Waals surface area contributed by atoms with Crippen LogP contribution in [0.25, 0.3) is 0 Å². The topological polar surface area (TPSA) is 67.4 Å². The Balaban J connectivity index is 1.66. The summed E-state index contributed by atoms with van der Waals surface area (Å²) >= 11 is 0. The molecule has 5 nitrogen and oxygen atoms in total. The lowest BCUT2D eigenvalue weighted by Gasteiger charge is -2.37. The minimum absolute atomic E-state index is 0.199. The molecule has 3 rings (SSSR count). The van der Waals surface area contributed by atoms with Crippen molar-refractivity contribution < 1.29 is 14.3 Å². The van der Waals surface area contributed by atoms with Crippen LogP contribution in [-0.4, -0.2) is 31.6 Å². The molecule has 1 heterocycles. The Bertz CT molecular complexity index is 791. The summed E-state index contributed by atoms with van der Waals surface area (Å²) in [6.07, 6.45) is 1.63. The number of amides is 2. The molecule has 0 radical (unpaired) electrons. The Morgan fingerprint density at radius 2 is 1.59 bits per heavy atom. The zero-order chi connectivity index (χ0) is 19.3. The van der Waals surface area contributed by atoms with Crippen molar-refractivity contribution in [2.24, 2.45) is 0 Å². The minimum Gasteiger partial charge on any atom is -0.381 e. The van der Waals surface area contributed by atoms with Crippen LogP contribution < -0.4 is 10.6 Å². The summed E-state index contributed by atoms with van der Waals surface area (Å²) in [6, 6.07) is 15.9. The molecule has 142 valence electrons. The maximum absolute atomic E-state index is 12.4. The van der Waals surface area contributed by atoms with E-state index in [2.05, 4.69) is 22.8 Å². The van der Waals surface area contributed by atoms with Gasteiger partial charge < -0.3 is 15.4 Å². The van der Waals surface area contributed by atoms with Crippen LogP contribution in [0, 0.1) is 13.8 Å². The van der Waals surface area contributed by atoms with Crippen molar-refractivity contribution in [3.05, 3.63) is 65.2 Å². The van der Waals surface area contributed by atoms with Crippen LogP contribution in [0.3, 0.4) is 0 Å². The highest BCUT2D eigenvalue weighted by molar-refractivity contribution is 6.39. The number of anilines is 1. The summed E-state index contributed by atoms with van der Waals surface area (Å²) in [4.78, 5) is 24.7. The van der Waals surface area contributed by atoms with Crippen LogP contribution in [-0.2, 0) is 19.7 Å². The molecule has 27 heavy (non-hydrogen) atoms. The second-order valence-electron chi connectivity index (χ2n) is 7.27. The van der Waals surface area contributed by atoms with E-state index in [1.54, 1.807) is 0 Å². The maximum Gasteiger partial charge on any atom is 0.313 e. The molecule has 0 unspecified atom stereocenters. The molecular weight excluding hydrogens is 340 g/mol. The fourth-order valence-electron chi connectivity index (χ4n) is 3.69. The van der Waals surface area contributed by atoms with E-state index in [0.29, 0.717) is 25.4 Å². The van der Waals surface area contributed by atoms with Crippen LogP contribution in [0.2, 0.25) is 0 Å². The fourth-order valence-corrected chi connectivity index (χ4v) is 3.69. The van der Waals surface area contributed by atoms with Gasteiger partial charge in [0.25, 0.3) is 0 Å². The van der Waals surface area contributed by atoms with Crippen molar-refractivity contribution in [1.82, 2.24) is 5.32 Å². The van der Waals surface area contributed by atoms with Crippen molar-refractivity contribution in [1.29, 1.82) is 0 Å². The summed E-state index contributed by atoms with van der Waals surface area (Å²) in [5, 5.41) is 5.52. The van der Waals surface area contributed by atoms with Gasteiger partial charge in [0.15, 0.2) is 0 Å². The van der Waals surface area contributed by atoms with E-state index >= 15 is 0 Å². The van der Waals surface area contributed by atoms with Crippen LogP contribution in [0.4, 0.5) is 5.69 Å². The highest BCUT2D eigenvalue weighted by Crippen LogP contribution is 2.34. The molecule has 2 N–H and O–H groups in total. The molecule has 2 aromatic rings. The van der Waals surface area contributed by atoms with E-state index in [1.807, 2.05) is 50.2 Å². The van der Waals surface area contributed by atoms with Crippen LogP contribution in [0.5, 0.6) is 0 Å². The molecule has 1 aliphatic heterocycles. The van der Waals surface area contributed by atoms with Gasteiger partial charge in [-0.2, -0.15) is 0 Å². The normalized spacial score (nSPS) is 15.8. The molecule has 2 aromatic carbocycles. The van der Waals surface area contributed by atoms with Crippen molar-refractivity contribution in [2.45, 2.75) is 32.1 Å². The van der Waals surface area contributed by atoms with E-state index < -0.39 is 11.8 Å². The summed E-state index contributed by atoms with van der Waals surface area (Å²) in [5.41, 5.74) is 3.68. The fraction of sp³-hybridized carbons (Fsp3) is 0.364. The first-order valence-electron chi connectivity index (χ1n) is 9.29. The Morgan fingerprint density at radius 1 is 0.963 bits per heavy atom. The van der Waals surface area contributed by atoms with Crippen molar-refractivity contribution >= 4 is 17.5 Å². The molecule has 1 fully saturated rings. The Labute approximate surface area is 160 Å². The van der Waals surface area contributed by atoms with E-state index in [4.69, 9.17) is 4.74 Å². The molecule has 0 aliphatic carbocycles. The number of benzene rings is 2. The molecule has 1 saturated heterocycles. The Hall–Kier alpha value is -2.66. The second kappa shape index (κ2) is 8.35. The first-order valence-corrected chi connectivity index (χ1v) is 9.29. The van der Waals surface area contributed by atoms with Crippen molar-refractivity contribution in [3.8, 4) is 0 Å². The molecule has 0 spiro atoms. The first kappa shape index (κ1) is 19.1. The molecule has 0 saturated carbocycles. The molecule has 0 atom stereocenters. The van der Waals surface area contributed by atoms with Crippen molar-refractivity contribution in [2.75, 3.05) is 25.1 Å². The molecular formula is C22H26N2O3. The van der Waals surface area contributed by atoms with Gasteiger partial charge in [0.1, 0.15) is 0 Å². The number of carbonyl (C=O) groups excluding carboxylic acids is 2. The largest absolute Gasteiger partial charge is 0.381 e. The first-order chi connectivity index (χ1) is 13.0. The second-order valence-corrected chi connectivity index (χ2v) is 7.27. The van der Waals surface area contributed by atoms with Gasteiger partial charge in [-0.3, -0.25) is 9.59 Å². The highest BCUT2D eigenvalue weighted by Gasteiger charge is 2.35. The van der Waals surface area contributed by atoms with Gasteiger partial charge >= 0.3 is 11.8 Å². The summed E-state index contributed by atoms with van der Waals surface area (Å²) < 4.78 is 5.51. The SMILES string of the molecule is Cc1cc(C)cc(NC(=O)C(=O)NCC2(c3ccccc3)CCOCC2)c1. The zero-order valence-electron chi connectivity index (χ0n) is 15.9. The summed E-state index contributed by atoms with van der Waals surface area (Å²) in [6.45, 7) is 5.63. The smallest absolute Gasteiger partial charge is 0.313 e. The van der Waals surface area contributed by atoms with E-state index in [-0.39, 0.29) is 5.41 Å². The average Bonchev–Trinajstić information content (AvgIpc) is 2.66. The Morgan fingerprint density at radius 3 is 2.22 bits per heavy atom. The zero-order valence-corrected chi connectivity index (χ0v) is 15.9. The minimum atomic E-state index is -0.643. The van der Waals surface area contributed by atoms with E-state index in [9.17, 15) is 9.59 Å². The van der Waals surface area contributed by atoms with Crippen LogP contribution in [0.15, 0.2) is 48.5 Å². The lowest BCUT2D eigenvalue weighted by atomic mass is 9.74. The number of ether oxygens (including phenoxy) is 1. The number of nitrogens with one attached hydrogen (secondary N) is 2. The van der Waals surface area contributed by atoms with Gasteiger partial charge in [0, 0.05) is 30.9 Å². The van der Waals surface area contributed by atoms with Crippen LogP contribution in [0.1, 0.15) is 29.5 Å². The van der Waals surface area contributed by atoms with E-state index in [1.165, 1.54) is 5.56 Å². The predicted molar refractivity (Wildman–Crippen MR) is 106 cm³/mol. The van der Waals surface area contributed by atoms with Crippen molar-refractivity contribution in [3.63, 3.8) is 0 Å². The third-order valence-corrected chi connectivity index (χ3v) is 5.11. The van der Waals surface area contributed by atoms with Gasteiger partial charge in [0.05, 0.1) is 0 Å². The molecule has 5 heteroatoms. The lowest BCUT2D eigenvalue weighted by Crippen LogP contribution is -2.47. The van der Waals surface area contributed by atoms with Gasteiger partial charge in [-0.05, 0) is 55.5 Å². The van der Waals surface area contributed by atoms with Gasteiger partial charge in [0.2, 0.25) is 0 Å². The third kappa shape index (κ3) is 4.74. The highest BCUT2D eigenvalue weighted by atomic mass is 16.5. The number of aryl methyl sites for hydroxylation is 2. The molecule has 0 aromatic heterocycles. The molecule has 2 amide bonds. The third-order valence-electron chi connectivity index (χ3n) is 5.11. The van der Waals surface area contributed by atoms with Gasteiger partial charge in [-0.1, -0.05) is 36.4 Å². The van der Waals surface area contributed by atoms with E-state index in [0.717, 1.165) is 24.0 Å². The van der Waals surface area contributed by atoms with Gasteiger partial charge in [-0.15, -0.1) is 0 Å². The molecule has 1 aliphatic rings. The summed E-state index contributed by atoms with van der Waals surface area (Å²) in [5.74, 6) is -1.26. The number of hydrogen-bond donors (Lipinski definition) is 2. The van der Waals surface area contributed by atoms with Crippen LogP contribution >= 0.6 is 0 Å². The van der Waals surface area contributed by atoms with Gasteiger partial charge in [-0.25, -0.2) is 0 Å².